The molecule has 0 bridgehead atoms. The topological polar surface area (TPSA) is 40.5 Å². The van der Waals surface area contributed by atoms with Crippen molar-refractivity contribution in [1.82, 2.24) is 4.90 Å². The van der Waals surface area contributed by atoms with E-state index in [2.05, 4.69) is 0 Å². The van der Waals surface area contributed by atoms with Gasteiger partial charge in [-0.05, 0) is 43.5 Å². The van der Waals surface area contributed by atoms with Crippen molar-refractivity contribution in [2.24, 2.45) is 0 Å². The van der Waals surface area contributed by atoms with E-state index in [0.717, 1.165) is 18.4 Å². The zero-order valence-electron chi connectivity index (χ0n) is 11.3. The van der Waals surface area contributed by atoms with Gasteiger partial charge in [0, 0.05) is 19.2 Å². The highest BCUT2D eigenvalue weighted by molar-refractivity contribution is 6.42. The maximum atomic E-state index is 12.1. The zero-order valence-corrected chi connectivity index (χ0v) is 12.8. The van der Waals surface area contributed by atoms with Crippen molar-refractivity contribution in [3.8, 4) is 0 Å². The monoisotopic (exact) mass is 313 g/mol. The van der Waals surface area contributed by atoms with Crippen LogP contribution in [0.25, 0.3) is 6.08 Å². The minimum absolute atomic E-state index is 0.101. The van der Waals surface area contributed by atoms with Gasteiger partial charge in [0.15, 0.2) is 0 Å². The molecular formula is C15H17Cl2NO2. The summed E-state index contributed by atoms with van der Waals surface area (Å²) >= 11 is 11.8. The van der Waals surface area contributed by atoms with Gasteiger partial charge < -0.3 is 10.0 Å². The standard InChI is InChI=1S/C15H17Cl2NO2/c1-15(20)7-2-8-18(10-15)14(19)6-4-11-3-5-12(16)13(17)9-11/h3-6,9,20H,2,7-8,10H2,1H3/b6-4+. The fourth-order valence-corrected chi connectivity index (χ4v) is 2.60. The fraction of sp³-hybridized carbons (Fsp3) is 0.400. The number of carbonyl (C=O) groups is 1. The summed E-state index contributed by atoms with van der Waals surface area (Å²) in [6, 6.07) is 5.20. The van der Waals surface area contributed by atoms with Crippen molar-refractivity contribution in [3.05, 3.63) is 39.9 Å². The van der Waals surface area contributed by atoms with Gasteiger partial charge in [-0.1, -0.05) is 29.3 Å². The Kier molecular flexibility index (Phi) is 4.74. The summed E-state index contributed by atoms with van der Waals surface area (Å²) in [5.41, 5.74) is 0.0298. The van der Waals surface area contributed by atoms with Crippen LogP contribution in [0.5, 0.6) is 0 Å². The average molecular weight is 314 g/mol. The van der Waals surface area contributed by atoms with E-state index in [0.29, 0.717) is 23.1 Å². The molecule has 1 atom stereocenters. The number of β-amino-alcohol motifs (C(OH)–C–C–N with tert-alkyl or cyclic N) is 1. The quantitative estimate of drug-likeness (QED) is 0.850. The number of hydrogen-bond donors (Lipinski definition) is 1. The lowest BCUT2D eigenvalue weighted by molar-refractivity contribution is -0.132. The molecule has 0 spiro atoms. The van der Waals surface area contributed by atoms with Crippen LogP contribution in [0.15, 0.2) is 24.3 Å². The first-order valence-corrected chi connectivity index (χ1v) is 7.27. The van der Waals surface area contributed by atoms with Crippen LogP contribution in [0, 0.1) is 0 Å². The lowest BCUT2D eigenvalue weighted by atomic mass is 9.95. The third kappa shape index (κ3) is 3.98. The number of carbonyl (C=O) groups excluding carboxylic acids is 1. The summed E-state index contributed by atoms with van der Waals surface area (Å²) in [5, 5.41) is 10.9. The summed E-state index contributed by atoms with van der Waals surface area (Å²) in [6.45, 7) is 2.81. The van der Waals surface area contributed by atoms with Crippen molar-refractivity contribution in [1.29, 1.82) is 0 Å². The number of rotatable bonds is 2. The number of benzene rings is 1. The number of aliphatic hydroxyl groups is 1. The first-order chi connectivity index (χ1) is 9.37. The molecule has 0 aromatic heterocycles. The molecular weight excluding hydrogens is 297 g/mol. The molecule has 1 saturated heterocycles. The van der Waals surface area contributed by atoms with Crippen LogP contribution in [0.2, 0.25) is 10.0 Å². The van der Waals surface area contributed by atoms with Gasteiger partial charge in [-0.25, -0.2) is 0 Å². The maximum absolute atomic E-state index is 12.1. The van der Waals surface area contributed by atoms with E-state index < -0.39 is 5.60 Å². The molecule has 0 aliphatic carbocycles. The second-order valence-electron chi connectivity index (χ2n) is 5.37. The minimum atomic E-state index is -0.786. The second-order valence-corrected chi connectivity index (χ2v) is 6.18. The van der Waals surface area contributed by atoms with E-state index in [1.807, 2.05) is 0 Å². The SMILES string of the molecule is CC1(O)CCCN(C(=O)/C=C/c2ccc(Cl)c(Cl)c2)C1. The Balaban J connectivity index is 2.03. The number of nitrogens with zero attached hydrogens (tertiary/aromatic N) is 1. The zero-order chi connectivity index (χ0) is 14.8. The molecule has 5 heteroatoms. The molecule has 1 fully saturated rings. The third-order valence-electron chi connectivity index (χ3n) is 3.35. The third-order valence-corrected chi connectivity index (χ3v) is 4.09. The summed E-state index contributed by atoms with van der Waals surface area (Å²) in [7, 11) is 0. The molecule has 108 valence electrons. The van der Waals surface area contributed by atoms with Gasteiger partial charge in [0.25, 0.3) is 0 Å². The van der Waals surface area contributed by atoms with Crippen LogP contribution in [-0.2, 0) is 4.79 Å². The van der Waals surface area contributed by atoms with Crippen LogP contribution < -0.4 is 0 Å². The van der Waals surface area contributed by atoms with Crippen molar-refractivity contribution < 1.29 is 9.90 Å². The number of hydrogen-bond acceptors (Lipinski definition) is 2. The predicted octanol–water partition coefficient (Wildman–Crippen LogP) is 3.38. The first kappa shape index (κ1) is 15.4. The minimum Gasteiger partial charge on any atom is -0.388 e. The highest BCUT2D eigenvalue weighted by Crippen LogP contribution is 2.23. The van der Waals surface area contributed by atoms with E-state index in [-0.39, 0.29) is 5.91 Å². The largest absolute Gasteiger partial charge is 0.388 e. The lowest BCUT2D eigenvalue weighted by Crippen LogP contribution is -2.48. The molecule has 2 rings (SSSR count). The second kappa shape index (κ2) is 6.17. The van der Waals surface area contributed by atoms with E-state index in [9.17, 15) is 9.90 Å². The van der Waals surface area contributed by atoms with Gasteiger partial charge in [0.2, 0.25) is 5.91 Å². The summed E-state index contributed by atoms with van der Waals surface area (Å²) in [6.07, 6.45) is 4.75. The Morgan fingerprint density at radius 2 is 2.15 bits per heavy atom. The van der Waals surface area contributed by atoms with E-state index in [1.54, 1.807) is 36.1 Å². The predicted molar refractivity (Wildman–Crippen MR) is 81.9 cm³/mol. The van der Waals surface area contributed by atoms with Gasteiger partial charge in [-0.3, -0.25) is 4.79 Å². The molecule has 0 saturated carbocycles. The Morgan fingerprint density at radius 3 is 2.80 bits per heavy atom. The van der Waals surface area contributed by atoms with Crippen LogP contribution in [0.3, 0.4) is 0 Å². The van der Waals surface area contributed by atoms with Crippen molar-refractivity contribution in [2.75, 3.05) is 13.1 Å². The molecule has 0 radical (unpaired) electrons. The van der Waals surface area contributed by atoms with E-state index in [4.69, 9.17) is 23.2 Å². The number of halogens is 2. The summed E-state index contributed by atoms with van der Waals surface area (Å²) in [4.78, 5) is 13.7. The van der Waals surface area contributed by atoms with Crippen LogP contribution in [0.1, 0.15) is 25.3 Å². The van der Waals surface area contributed by atoms with Gasteiger partial charge in [-0.15, -0.1) is 0 Å². The Morgan fingerprint density at radius 1 is 1.40 bits per heavy atom. The van der Waals surface area contributed by atoms with Crippen LogP contribution >= 0.6 is 23.2 Å². The maximum Gasteiger partial charge on any atom is 0.246 e. The molecule has 1 aromatic carbocycles. The smallest absolute Gasteiger partial charge is 0.246 e. The first-order valence-electron chi connectivity index (χ1n) is 6.52. The Bertz CT molecular complexity index is 541. The van der Waals surface area contributed by atoms with Crippen molar-refractivity contribution in [3.63, 3.8) is 0 Å². The molecule has 1 N–H and O–H groups in total. The molecule has 1 aliphatic heterocycles. The van der Waals surface area contributed by atoms with E-state index in [1.165, 1.54) is 6.08 Å². The van der Waals surface area contributed by atoms with Gasteiger partial charge >= 0.3 is 0 Å². The van der Waals surface area contributed by atoms with Crippen molar-refractivity contribution >= 4 is 35.2 Å². The summed E-state index contributed by atoms with van der Waals surface area (Å²) < 4.78 is 0. The number of likely N-dealkylation sites (tertiary alicyclic amines) is 1. The molecule has 1 unspecified atom stereocenters. The summed E-state index contributed by atoms with van der Waals surface area (Å²) in [5.74, 6) is -0.101. The Hall–Kier alpha value is -1.03. The van der Waals surface area contributed by atoms with E-state index >= 15 is 0 Å². The normalized spacial score (nSPS) is 23.3. The molecule has 1 heterocycles. The lowest BCUT2D eigenvalue weighted by Gasteiger charge is -2.36. The fourth-order valence-electron chi connectivity index (χ4n) is 2.30. The Labute approximate surface area is 128 Å². The van der Waals surface area contributed by atoms with Gasteiger partial charge in [0.1, 0.15) is 0 Å². The number of amides is 1. The number of piperidine rings is 1. The van der Waals surface area contributed by atoms with Gasteiger partial charge in [0.05, 0.1) is 15.6 Å². The molecule has 1 aromatic rings. The molecule has 3 nitrogen and oxygen atoms in total. The van der Waals surface area contributed by atoms with Crippen LogP contribution in [0.4, 0.5) is 0 Å². The highest BCUT2D eigenvalue weighted by Gasteiger charge is 2.29. The van der Waals surface area contributed by atoms with Crippen LogP contribution in [-0.4, -0.2) is 34.6 Å². The molecule has 1 aliphatic rings. The van der Waals surface area contributed by atoms with Gasteiger partial charge in [-0.2, -0.15) is 0 Å². The highest BCUT2D eigenvalue weighted by atomic mass is 35.5. The van der Waals surface area contributed by atoms with Crippen molar-refractivity contribution in [2.45, 2.75) is 25.4 Å². The molecule has 1 amide bonds. The molecule has 20 heavy (non-hydrogen) atoms. The average Bonchev–Trinajstić information content (AvgIpc) is 2.38.